The van der Waals surface area contributed by atoms with Crippen molar-refractivity contribution < 1.29 is 4.79 Å². The average Bonchev–Trinajstić information content (AvgIpc) is 3.11. The number of rotatable bonds is 6. The summed E-state index contributed by atoms with van der Waals surface area (Å²) in [5, 5.41) is 4.69. The fraction of sp³-hybridized carbons (Fsp3) is 0.381. The predicted octanol–water partition coefficient (Wildman–Crippen LogP) is 3.53. The molecule has 0 spiro atoms. The highest BCUT2D eigenvalue weighted by Gasteiger charge is 2.17. The molecular weight excluding hydrogens is 374 g/mol. The zero-order valence-corrected chi connectivity index (χ0v) is 17.4. The van der Waals surface area contributed by atoms with E-state index in [0.29, 0.717) is 22.7 Å². The summed E-state index contributed by atoms with van der Waals surface area (Å²) in [6.07, 6.45) is 0.723. The normalized spacial score (nSPS) is 11.3. The second kappa shape index (κ2) is 8.14. The molecule has 6 nitrogen and oxygen atoms in total. The van der Waals surface area contributed by atoms with Gasteiger partial charge in [0.1, 0.15) is 11.2 Å². The van der Waals surface area contributed by atoms with E-state index in [1.54, 1.807) is 11.4 Å². The molecule has 2 heterocycles. The van der Waals surface area contributed by atoms with Gasteiger partial charge >= 0.3 is 5.69 Å². The minimum Gasteiger partial charge on any atom is -0.324 e. The zero-order valence-electron chi connectivity index (χ0n) is 16.6. The van der Waals surface area contributed by atoms with Crippen molar-refractivity contribution in [1.82, 2.24) is 9.13 Å². The van der Waals surface area contributed by atoms with E-state index in [4.69, 9.17) is 0 Å². The molecule has 28 heavy (non-hydrogen) atoms. The monoisotopic (exact) mass is 399 g/mol. The van der Waals surface area contributed by atoms with Gasteiger partial charge in [-0.3, -0.25) is 18.7 Å². The van der Waals surface area contributed by atoms with Gasteiger partial charge in [-0.1, -0.05) is 32.0 Å². The number of nitrogens with one attached hydrogen (secondary N) is 1. The van der Waals surface area contributed by atoms with Crippen LogP contribution in [0.5, 0.6) is 0 Å². The highest BCUT2D eigenvalue weighted by molar-refractivity contribution is 7.17. The van der Waals surface area contributed by atoms with Crippen LogP contribution in [0.3, 0.4) is 0 Å². The van der Waals surface area contributed by atoms with E-state index in [-0.39, 0.29) is 18.0 Å². The van der Waals surface area contributed by atoms with Crippen LogP contribution >= 0.6 is 11.3 Å². The third kappa shape index (κ3) is 3.94. The third-order valence-corrected chi connectivity index (χ3v) is 5.71. The van der Waals surface area contributed by atoms with Crippen molar-refractivity contribution in [3.63, 3.8) is 0 Å². The van der Waals surface area contributed by atoms with Crippen molar-refractivity contribution in [3.8, 4) is 0 Å². The van der Waals surface area contributed by atoms with Gasteiger partial charge in [-0.25, -0.2) is 4.79 Å². The molecule has 0 aliphatic rings. The maximum atomic E-state index is 13.0. The van der Waals surface area contributed by atoms with Crippen molar-refractivity contribution in [3.05, 3.63) is 61.6 Å². The second-order valence-electron chi connectivity index (χ2n) is 7.46. The Morgan fingerprint density at radius 2 is 1.79 bits per heavy atom. The summed E-state index contributed by atoms with van der Waals surface area (Å²) in [6.45, 7) is 8.16. The maximum Gasteiger partial charge on any atom is 0.332 e. The van der Waals surface area contributed by atoms with Crippen LogP contribution in [0.2, 0.25) is 0 Å². The molecule has 148 valence electrons. The number of hydrogen-bond donors (Lipinski definition) is 1. The fourth-order valence-corrected chi connectivity index (χ4v) is 4.05. The first-order chi connectivity index (χ1) is 13.3. The van der Waals surface area contributed by atoms with Crippen molar-refractivity contribution in [1.29, 1.82) is 0 Å². The SMILES string of the molecule is Cc1cccc(C)c1NC(=O)Cn1c(=O)n(CCC(C)C)c(=O)c2sccc21. The number of fused-ring (bicyclic) bond motifs is 1. The molecule has 1 aromatic carbocycles. The van der Waals surface area contributed by atoms with E-state index in [0.717, 1.165) is 23.2 Å². The fourth-order valence-electron chi connectivity index (χ4n) is 3.20. The van der Waals surface area contributed by atoms with Gasteiger partial charge in [-0.15, -0.1) is 11.3 Å². The van der Waals surface area contributed by atoms with Crippen LogP contribution in [0.1, 0.15) is 31.4 Å². The van der Waals surface area contributed by atoms with Crippen LogP contribution in [-0.4, -0.2) is 15.0 Å². The quantitative estimate of drug-likeness (QED) is 0.689. The lowest BCUT2D eigenvalue weighted by Crippen LogP contribution is -2.41. The number of nitrogens with zero attached hydrogens (tertiary/aromatic N) is 2. The first kappa shape index (κ1) is 20.1. The topological polar surface area (TPSA) is 73.1 Å². The first-order valence-corrected chi connectivity index (χ1v) is 10.2. The molecular formula is C21H25N3O3S. The van der Waals surface area contributed by atoms with Crippen LogP contribution in [0, 0.1) is 19.8 Å². The Bertz CT molecular complexity index is 1120. The van der Waals surface area contributed by atoms with Crippen LogP contribution in [0.25, 0.3) is 10.2 Å². The Morgan fingerprint density at radius 1 is 1.11 bits per heavy atom. The Balaban J connectivity index is 1.98. The Morgan fingerprint density at radius 3 is 2.43 bits per heavy atom. The predicted molar refractivity (Wildman–Crippen MR) is 114 cm³/mol. The van der Waals surface area contributed by atoms with Crippen LogP contribution in [-0.2, 0) is 17.9 Å². The molecule has 0 fully saturated rings. The summed E-state index contributed by atoms with van der Waals surface area (Å²) in [7, 11) is 0. The molecule has 0 atom stereocenters. The second-order valence-corrected chi connectivity index (χ2v) is 8.37. The Hall–Kier alpha value is -2.67. The Labute approximate surface area is 167 Å². The Kier molecular flexibility index (Phi) is 5.84. The summed E-state index contributed by atoms with van der Waals surface area (Å²) in [5.41, 5.74) is 2.48. The molecule has 0 unspecified atom stereocenters. The minimum atomic E-state index is -0.437. The first-order valence-electron chi connectivity index (χ1n) is 9.36. The van der Waals surface area contributed by atoms with Gasteiger partial charge in [0.15, 0.2) is 0 Å². The maximum absolute atomic E-state index is 13.0. The molecule has 0 bridgehead atoms. The molecule has 3 rings (SSSR count). The number of amides is 1. The van der Waals surface area contributed by atoms with Crippen molar-refractivity contribution >= 4 is 33.1 Å². The summed E-state index contributed by atoms with van der Waals surface area (Å²) in [6, 6.07) is 7.52. The van der Waals surface area contributed by atoms with Gasteiger partial charge in [-0.2, -0.15) is 0 Å². The van der Waals surface area contributed by atoms with Gasteiger partial charge in [0.25, 0.3) is 5.56 Å². The van der Waals surface area contributed by atoms with E-state index in [2.05, 4.69) is 5.32 Å². The largest absolute Gasteiger partial charge is 0.332 e. The smallest absolute Gasteiger partial charge is 0.324 e. The molecule has 3 aromatic rings. The molecule has 1 amide bonds. The molecule has 1 N–H and O–H groups in total. The number of carbonyl (C=O) groups is 1. The lowest BCUT2D eigenvalue weighted by atomic mass is 10.1. The molecule has 0 radical (unpaired) electrons. The number of anilines is 1. The number of benzene rings is 1. The summed E-state index contributed by atoms with van der Waals surface area (Å²) in [4.78, 5) is 38.4. The molecule has 7 heteroatoms. The number of aryl methyl sites for hydroxylation is 2. The van der Waals surface area contributed by atoms with E-state index in [1.807, 2.05) is 45.9 Å². The highest BCUT2D eigenvalue weighted by Crippen LogP contribution is 2.20. The van der Waals surface area contributed by atoms with Gasteiger partial charge in [0.2, 0.25) is 5.91 Å². The van der Waals surface area contributed by atoms with E-state index in [9.17, 15) is 14.4 Å². The standard InChI is InChI=1S/C21H25N3O3S/c1-13(2)8-10-23-20(26)19-16(9-11-28-19)24(21(23)27)12-17(25)22-18-14(3)6-5-7-15(18)4/h5-7,9,11,13H,8,10,12H2,1-4H3,(H,22,25). The van der Waals surface area contributed by atoms with Gasteiger partial charge in [0.05, 0.1) is 5.52 Å². The number of hydrogen-bond acceptors (Lipinski definition) is 4. The number of thiophene rings is 1. The minimum absolute atomic E-state index is 0.137. The van der Waals surface area contributed by atoms with Gasteiger partial charge in [0, 0.05) is 12.2 Å². The van der Waals surface area contributed by atoms with Gasteiger partial charge < -0.3 is 5.32 Å². The van der Waals surface area contributed by atoms with E-state index >= 15 is 0 Å². The third-order valence-electron chi connectivity index (χ3n) is 4.81. The summed E-state index contributed by atoms with van der Waals surface area (Å²) in [5.74, 6) is 0.0761. The molecule has 0 aliphatic carbocycles. The number of carbonyl (C=O) groups excluding carboxylic acids is 1. The summed E-state index contributed by atoms with van der Waals surface area (Å²) >= 11 is 1.30. The average molecular weight is 400 g/mol. The molecule has 0 aliphatic heterocycles. The molecule has 0 saturated carbocycles. The van der Waals surface area contributed by atoms with Crippen molar-refractivity contribution in [2.45, 2.75) is 47.2 Å². The lowest BCUT2D eigenvalue weighted by Gasteiger charge is -2.15. The van der Waals surface area contributed by atoms with Crippen LogP contribution in [0.15, 0.2) is 39.2 Å². The number of aromatic nitrogens is 2. The molecule has 0 saturated heterocycles. The molecule has 2 aromatic heterocycles. The summed E-state index contributed by atoms with van der Waals surface area (Å²) < 4.78 is 3.16. The van der Waals surface area contributed by atoms with Crippen molar-refractivity contribution in [2.24, 2.45) is 5.92 Å². The van der Waals surface area contributed by atoms with Crippen LogP contribution in [0.4, 0.5) is 5.69 Å². The van der Waals surface area contributed by atoms with E-state index < -0.39 is 5.69 Å². The lowest BCUT2D eigenvalue weighted by molar-refractivity contribution is -0.116. The van der Waals surface area contributed by atoms with Crippen LogP contribution < -0.4 is 16.6 Å². The number of para-hydroxylation sites is 1. The van der Waals surface area contributed by atoms with Gasteiger partial charge in [-0.05, 0) is 48.8 Å². The highest BCUT2D eigenvalue weighted by atomic mass is 32.1. The van der Waals surface area contributed by atoms with Crippen molar-refractivity contribution in [2.75, 3.05) is 5.32 Å². The zero-order chi connectivity index (χ0) is 20.4. The van der Waals surface area contributed by atoms with E-state index in [1.165, 1.54) is 20.5 Å².